The second-order valence-electron chi connectivity index (χ2n) is 4.86. The van der Waals surface area contributed by atoms with Crippen LogP contribution in [0.15, 0.2) is 15.9 Å². The SMILES string of the molecule is C[C@H](O)[C@H]1O[C@@H](n2cnc(=O)[nH]c2=O)C(F)(C#CCl)C1CO. The van der Waals surface area contributed by atoms with Gasteiger partial charge in [0.05, 0.1) is 24.7 Å². The van der Waals surface area contributed by atoms with Crippen molar-refractivity contribution in [3.05, 3.63) is 27.3 Å². The van der Waals surface area contributed by atoms with Gasteiger partial charge in [-0.3, -0.25) is 9.55 Å². The first kappa shape index (κ1) is 16.6. The molecule has 10 heteroatoms. The van der Waals surface area contributed by atoms with Gasteiger partial charge >= 0.3 is 11.4 Å². The minimum Gasteiger partial charge on any atom is -0.396 e. The molecule has 0 bridgehead atoms. The van der Waals surface area contributed by atoms with Crippen LogP contribution in [0.5, 0.6) is 0 Å². The molecule has 1 aromatic rings. The summed E-state index contributed by atoms with van der Waals surface area (Å²) in [6.45, 7) is 0.651. The van der Waals surface area contributed by atoms with Crippen LogP contribution in [-0.4, -0.2) is 49.2 Å². The molecule has 1 fully saturated rings. The molecule has 1 aliphatic heterocycles. The van der Waals surface area contributed by atoms with Gasteiger partial charge in [-0.15, -0.1) is 0 Å². The summed E-state index contributed by atoms with van der Waals surface area (Å²) < 4.78 is 21.3. The number of aromatic nitrogens is 3. The topological polar surface area (TPSA) is 117 Å². The van der Waals surface area contributed by atoms with Crippen LogP contribution < -0.4 is 11.4 Å². The Balaban J connectivity index is 2.59. The number of nitrogens with zero attached hydrogens (tertiary/aromatic N) is 2. The molecule has 0 amide bonds. The van der Waals surface area contributed by atoms with E-state index in [1.54, 1.807) is 0 Å². The highest BCUT2D eigenvalue weighted by atomic mass is 35.5. The number of H-pyrrole nitrogens is 1. The summed E-state index contributed by atoms with van der Waals surface area (Å²) in [7, 11) is 0. The fourth-order valence-corrected chi connectivity index (χ4v) is 2.61. The van der Waals surface area contributed by atoms with Gasteiger partial charge in [-0.1, -0.05) is 0 Å². The molecule has 0 radical (unpaired) electrons. The summed E-state index contributed by atoms with van der Waals surface area (Å²) in [5, 5.41) is 21.0. The summed E-state index contributed by atoms with van der Waals surface area (Å²) in [6, 6.07) is 0. The minimum atomic E-state index is -2.55. The van der Waals surface area contributed by atoms with Gasteiger partial charge in [-0.2, -0.15) is 4.98 Å². The number of nitrogens with one attached hydrogen (secondary N) is 1. The van der Waals surface area contributed by atoms with Gasteiger partial charge < -0.3 is 14.9 Å². The highest BCUT2D eigenvalue weighted by Crippen LogP contribution is 2.45. The van der Waals surface area contributed by atoms with Crippen molar-refractivity contribution in [2.75, 3.05) is 6.61 Å². The van der Waals surface area contributed by atoms with E-state index < -0.39 is 48.0 Å². The van der Waals surface area contributed by atoms with E-state index in [0.717, 1.165) is 6.33 Å². The molecule has 8 nitrogen and oxygen atoms in total. The van der Waals surface area contributed by atoms with Crippen molar-refractivity contribution in [1.29, 1.82) is 0 Å². The van der Waals surface area contributed by atoms with Crippen LogP contribution in [0.3, 0.4) is 0 Å². The van der Waals surface area contributed by atoms with Crippen molar-refractivity contribution in [3.63, 3.8) is 0 Å². The smallest absolute Gasteiger partial charge is 0.350 e. The number of rotatable bonds is 3. The van der Waals surface area contributed by atoms with E-state index >= 15 is 4.39 Å². The summed E-state index contributed by atoms with van der Waals surface area (Å²) in [5.41, 5.74) is -4.42. The normalized spacial score (nSPS) is 32.3. The second kappa shape index (κ2) is 6.18. The van der Waals surface area contributed by atoms with Crippen molar-refractivity contribution in [3.8, 4) is 11.3 Å². The molecule has 1 aromatic heterocycles. The lowest BCUT2D eigenvalue weighted by atomic mass is 9.85. The molecule has 2 unspecified atom stereocenters. The first-order valence-corrected chi connectivity index (χ1v) is 6.66. The Morgan fingerprint density at radius 1 is 1.68 bits per heavy atom. The van der Waals surface area contributed by atoms with Gasteiger partial charge in [-0.05, 0) is 24.4 Å². The van der Waals surface area contributed by atoms with Crippen molar-refractivity contribution < 1.29 is 19.3 Å². The van der Waals surface area contributed by atoms with E-state index in [4.69, 9.17) is 16.3 Å². The summed E-state index contributed by atoms with van der Waals surface area (Å²) >= 11 is 5.28. The Morgan fingerprint density at radius 3 is 2.86 bits per heavy atom. The van der Waals surface area contributed by atoms with Gasteiger partial charge in [0.15, 0.2) is 6.23 Å². The van der Waals surface area contributed by atoms with Crippen LogP contribution in [0, 0.1) is 17.2 Å². The van der Waals surface area contributed by atoms with Crippen LogP contribution in [0.25, 0.3) is 0 Å². The van der Waals surface area contributed by atoms with Gasteiger partial charge in [0.2, 0.25) is 5.67 Å². The molecule has 0 aliphatic carbocycles. The predicted molar refractivity (Wildman–Crippen MR) is 72.8 cm³/mol. The molecule has 120 valence electrons. The first-order valence-electron chi connectivity index (χ1n) is 6.28. The van der Waals surface area contributed by atoms with Crippen LogP contribution in [0.4, 0.5) is 4.39 Å². The zero-order valence-electron chi connectivity index (χ0n) is 11.4. The van der Waals surface area contributed by atoms with Crippen molar-refractivity contribution in [2.24, 2.45) is 5.92 Å². The van der Waals surface area contributed by atoms with Crippen LogP contribution in [0.1, 0.15) is 13.2 Å². The molecule has 0 saturated carbocycles. The van der Waals surface area contributed by atoms with E-state index in [1.165, 1.54) is 6.92 Å². The fourth-order valence-electron chi connectivity index (χ4n) is 2.47. The maximum atomic E-state index is 15.3. The molecular formula is C12H13ClFN3O5. The van der Waals surface area contributed by atoms with Crippen LogP contribution in [-0.2, 0) is 4.74 Å². The van der Waals surface area contributed by atoms with E-state index in [0.29, 0.717) is 4.57 Å². The van der Waals surface area contributed by atoms with Gasteiger partial charge in [-0.25, -0.2) is 14.0 Å². The zero-order chi connectivity index (χ0) is 16.5. The Hall–Kier alpha value is -1.73. The molecule has 22 heavy (non-hydrogen) atoms. The summed E-state index contributed by atoms with van der Waals surface area (Å²) in [4.78, 5) is 28.0. The maximum absolute atomic E-state index is 15.3. The number of aliphatic hydroxyl groups excluding tert-OH is 2. The van der Waals surface area contributed by atoms with Crippen LogP contribution in [0.2, 0.25) is 0 Å². The maximum Gasteiger partial charge on any atom is 0.350 e. The average Bonchev–Trinajstić information content (AvgIpc) is 2.72. The molecule has 1 saturated heterocycles. The average molecular weight is 334 g/mol. The zero-order valence-corrected chi connectivity index (χ0v) is 12.1. The van der Waals surface area contributed by atoms with Gasteiger partial charge in [0.1, 0.15) is 6.33 Å². The molecule has 0 aromatic carbocycles. The number of halogens is 2. The lowest BCUT2D eigenvalue weighted by Crippen LogP contribution is -2.44. The predicted octanol–water partition coefficient (Wildman–Crippen LogP) is -1.27. The monoisotopic (exact) mass is 333 g/mol. The Bertz CT molecular complexity index is 724. The number of hydrogen-bond donors (Lipinski definition) is 3. The molecule has 0 spiro atoms. The Labute approximate surface area is 128 Å². The third-order valence-corrected chi connectivity index (χ3v) is 3.59. The molecule has 1 aliphatic rings. The van der Waals surface area contributed by atoms with Crippen LogP contribution >= 0.6 is 11.6 Å². The summed E-state index contributed by atoms with van der Waals surface area (Å²) in [6.07, 6.45) is -3.10. The fraction of sp³-hybridized carbons (Fsp3) is 0.583. The minimum absolute atomic E-state index is 0.688. The first-order chi connectivity index (χ1) is 10.3. The third-order valence-electron chi connectivity index (χ3n) is 3.49. The highest BCUT2D eigenvalue weighted by molar-refractivity contribution is 6.30. The number of aliphatic hydroxyl groups is 2. The third kappa shape index (κ3) is 2.66. The van der Waals surface area contributed by atoms with Crippen molar-refractivity contribution >= 4 is 11.6 Å². The Morgan fingerprint density at radius 2 is 2.36 bits per heavy atom. The van der Waals surface area contributed by atoms with E-state index in [2.05, 4.69) is 10.9 Å². The number of hydrogen-bond acceptors (Lipinski definition) is 6. The molecular weight excluding hydrogens is 321 g/mol. The van der Waals surface area contributed by atoms with E-state index in [9.17, 15) is 19.8 Å². The van der Waals surface area contributed by atoms with E-state index in [-0.39, 0.29) is 0 Å². The van der Waals surface area contributed by atoms with Gasteiger partial charge in [0, 0.05) is 5.38 Å². The number of aromatic amines is 1. The molecule has 2 rings (SSSR count). The highest BCUT2D eigenvalue weighted by Gasteiger charge is 2.59. The lowest BCUT2D eigenvalue weighted by Gasteiger charge is -2.25. The molecule has 2 heterocycles. The second-order valence-corrected chi connectivity index (χ2v) is 5.05. The van der Waals surface area contributed by atoms with Crippen molar-refractivity contribution in [1.82, 2.24) is 14.5 Å². The number of ether oxygens (including phenoxy) is 1. The Kier molecular flexibility index (Phi) is 4.67. The largest absolute Gasteiger partial charge is 0.396 e. The lowest BCUT2D eigenvalue weighted by molar-refractivity contribution is -0.0767. The standard InChI is InChI=1S/C12H13ClFN3O5/c1-6(19)8-7(4-18)12(14,2-3-13)9(22-8)17-5-15-10(20)16-11(17)21/h5-9,18-19H,4H2,1H3,(H,16,20,21)/t6-,7?,8+,9+,12?/m0/s1. The quantitative estimate of drug-likeness (QED) is 0.593. The van der Waals surface area contributed by atoms with Gasteiger partial charge in [0.25, 0.3) is 0 Å². The summed E-state index contributed by atoms with van der Waals surface area (Å²) in [5.74, 6) is 0.823. The van der Waals surface area contributed by atoms with Crippen molar-refractivity contribution in [2.45, 2.75) is 31.0 Å². The van der Waals surface area contributed by atoms with E-state index in [1.807, 2.05) is 10.4 Å². The molecule has 3 N–H and O–H groups in total. The molecule has 5 atom stereocenters. The number of alkyl halides is 1.